The lowest BCUT2D eigenvalue weighted by Gasteiger charge is -2.31. The number of aliphatic carboxylic acids is 1. The highest BCUT2D eigenvalue weighted by atomic mass is 16.4. The van der Waals surface area contributed by atoms with Crippen molar-refractivity contribution in [1.29, 1.82) is 0 Å². The van der Waals surface area contributed by atoms with E-state index in [1.54, 1.807) is 25.7 Å². The lowest BCUT2D eigenvalue weighted by Crippen LogP contribution is -2.53. The molecule has 0 aliphatic rings. The Labute approximate surface area is 116 Å². The van der Waals surface area contributed by atoms with E-state index in [2.05, 4.69) is 19.2 Å². The molecule has 19 heavy (non-hydrogen) atoms. The quantitative estimate of drug-likeness (QED) is 0.780. The van der Waals surface area contributed by atoms with Gasteiger partial charge in [0.1, 0.15) is 6.04 Å². The number of nitrogens with zero attached hydrogens (tertiary/aromatic N) is 1. The van der Waals surface area contributed by atoms with Gasteiger partial charge in [0.25, 0.3) is 0 Å². The van der Waals surface area contributed by atoms with Crippen LogP contribution in [0.5, 0.6) is 0 Å². The average Bonchev–Trinajstić information content (AvgIpc) is 2.30. The van der Waals surface area contributed by atoms with Gasteiger partial charge < -0.3 is 15.3 Å². The highest BCUT2D eigenvalue weighted by molar-refractivity contribution is 5.83. The lowest BCUT2D eigenvalue weighted by atomic mass is 9.87. The smallest absolute Gasteiger partial charge is 0.326 e. The molecule has 0 heterocycles. The van der Waals surface area contributed by atoms with E-state index in [0.717, 1.165) is 6.42 Å². The molecule has 0 rings (SSSR count). The van der Waals surface area contributed by atoms with Gasteiger partial charge in [-0.2, -0.15) is 0 Å². The summed E-state index contributed by atoms with van der Waals surface area (Å²) < 4.78 is 0. The van der Waals surface area contributed by atoms with Crippen LogP contribution in [-0.2, 0) is 4.79 Å². The Morgan fingerprint density at radius 2 is 1.79 bits per heavy atom. The van der Waals surface area contributed by atoms with Crippen molar-refractivity contribution in [3.8, 4) is 0 Å². The monoisotopic (exact) mass is 272 g/mol. The zero-order chi connectivity index (χ0) is 15.2. The Morgan fingerprint density at radius 3 is 2.11 bits per heavy atom. The molecule has 5 nitrogen and oxygen atoms in total. The van der Waals surface area contributed by atoms with E-state index in [0.29, 0.717) is 19.0 Å². The lowest BCUT2D eigenvalue weighted by molar-refractivity contribution is -0.142. The van der Waals surface area contributed by atoms with Crippen molar-refractivity contribution in [3.63, 3.8) is 0 Å². The summed E-state index contributed by atoms with van der Waals surface area (Å²) in [5.41, 5.74) is -0.517. The molecular formula is C14H28N2O3. The molecule has 112 valence electrons. The highest BCUT2D eigenvalue weighted by Crippen LogP contribution is 2.19. The highest BCUT2D eigenvalue weighted by Gasteiger charge is 2.33. The zero-order valence-corrected chi connectivity index (χ0v) is 13.0. The number of carbonyl (C=O) groups is 2. The molecule has 0 bridgehead atoms. The number of carboxylic acid groups (broad SMARTS) is 1. The maximum Gasteiger partial charge on any atom is 0.326 e. The van der Waals surface area contributed by atoms with Crippen LogP contribution in [0.2, 0.25) is 0 Å². The van der Waals surface area contributed by atoms with Crippen LogP contribution in [0.3, 0.4) is 0 Å². The van der Waals surface area contributed by atoms with Crippen LogP contribution in [0.15, 0.2) is 0 Å². The SMILES string of the molecule is CCC(C)CN(CC)C(=O)NC(C(=O)O)C(C)(C)C. The van der Waals surface area contributed by atoms with Crippen LogP contribution in [0.25, 0.3) is 0 Å². The van der Waals surface area contributed by atoms with Crippen molar-refractivity contribution in [3.05, 3.63) is 0 Å². The molecule has 0 saturated carbocycles. The number of carboxylic acids is 1. The van der Waals surface area contributed by atoms with Crippen LogP contribution in [-0.4, -0.2) is 41.1 Å². The van der Waals surface area contributed by atoms with Crippen molar-refractivity contribution in [1.82, 2.24) is 10.2 Å². The molecule has 2 N–H and O–H groups in total. The van der Waals surface area contributed by atoms with Crippen molar-refractivity contribution in [2.45, 2.75) is 54.0 Å². The summed E-state index contributed by atoms with van der Waals surface area (Å²) in [6, 6.07) is -1.18. The van der Waals surface area contributed by atoms with Gasteiger partial charge >= 0.3 is 12.0 Å². The Kier molecular flexibility index (Phi) is 6.87. The van der Waals surface area contributed by atoms with Gasteiger partial charge in [-0.15, -0.1) is 0 Å². The topological polar surface area (TPSA) is 69.6 Å². The van der Waals surface area contributed by atoms with E-state index in [1.165, 1.54) is 0 Å². The van der Waals surface area contributed by atoms with E-state index in [1.807, 2.05) is 6.92 Å². The van der Waals surface area contributed by atoms with Crippen LogP contribution in [0, 0.1) is 11.3 Å². The van der Waals surface area contributed by atoms with E-state index >= 15 is 0 Å². The minimum Gasteiger partial charge on any atom is -0.480 e. The third-order valence-corrected chi connectivity index (χ3v) is 3.28. The summed E-state index contributed by atoms with van der Waals surface area (Å²) in [5.74, 6) is -0.593. The average molecular weight is 272 g/mol. The summed E-state index contributed by atoms with van der Waals surface area (Å²) in [6.45, 7) is 12.7. The van der Waals surface area contributed by atoms with Crippen LogP contribution >= 0.6 is 0 Å². The normalized spacial score (nSPS) is 14.6. The minimum absolute atomic E-state index is 0.301. The molecule has 2 amide bonds. The largest absolute Gasteiger partial charge is 0.480 e. The Balaban J connectivity index is 4.74. The van der Waals surface area contributed by atoms with Gasteiger partial charge in [0, 0.05) is 13.1 Å². The molecule has 0 aromatic carbocycles. The van der Waals surface area contributed by atoms with Crippen molar-refractivity contribution >= 4 is 12.0 Å². The van der Waals surface area contributed by atoms with Gasteiger partial charge in [0.15, 0.2) is 0 Å². The standard InChI is InChI=1S/C14H28N2O3/c1-7-10(3)9-16(8-2)13(19)15-11(12(17)18)14(4,5)6/h10-11H,7-9H2,1-6H3,(H,15,19)(H,17,18). The van der Waals surface area contributed by atoms with E-state index in [9.17, 15) is 14.7 Å². The molecule has 0 spiro atoms. The molecule has 0 saturated heterocycles. The van der Waals surface area contributed by atoms with Gasteiger partial charge in [0.05, 0.1) is 0 Å². The van der Waals surface area contributed by atoms with Crippen LogP contribution in [0.4, 0.5) is 4.79 Å². The maximum atomic E-state index is 12.1. The first-order valence-electron chi connectivity index (χ1n) is 6.91. The second kappa shape index (κ2) is 7.36. The zero-order valence-electron chi connectivity index (χ0n) is 13.0. The van der Waals surface area contributed by atoms with Crippen molar-refractivity contribution in [2.75, 3.05) is 13.1 Å². The third kappa shape index (κ3) is 5.94. The molecule has 0 aliphatic heterocycles. The third-order valence-electron chi connectivity index (χ3n) is 3.28. The Hall–Kier alpha value is -1.26. The predicted molar refractivity (Wildman–Crippen MR) is 76.1 cm³/mol. The second-order valence-corrected chi connectivity index (χ2v) is 6.14. The van der Waals surface area contributed by atoms with Gasteiger partial charge in [-0.25, -0.2) is 9.59 Å². The fraction of sp³-hybridized carbons (Fsp3) is 0.857. The summed E-state index contributed by atoms with van der Waals surface area (Å²) in [6.07, 6.45) is 0.991. The van der Waals surface area contributed by atoms with Gasteiger partial charge in [-0.1, -0.05) is 41.0 Å². The first-order valence-corrected chi connectivity index (χ1v) is 6.91. The maximum absolute atomic E-state index is 12.1. The molecule has 0 radical (unpaired) electrons. The molecule has 5 heteroatoms. The number of hydrogen-bond donors (Lipinski definition) is 2. The molecule has 0 aromatic heterocycles. The van der Waals surface area contributed by atoms with Crippen LogP contribution < -0.4 is 5.32 Å². The first kappa shape index (κ1) is 17.7. The fourth-order valence-electron chi connectivity index (χ4n) is 1.72. The molecule has 2 atom stereocenters. The van der Waals surface area contributed by atoms with Crippen molar-refractivity contribution in [2.24, 2.45) is 11.3 Å². The van der Waals surface area contributed by atoms with E-state index in [-0.39, 0.29) is 6.03 Å². The Bertz CT molecular complexity index is 310. The summed E-state index contributed by atoms with van der Waals surface area (Å²) in [4.78, 5) is 25.0. The summed E-state index contributed by atoms with van der Waals surface area (Å²) in [7, 11) is 0. The minimum atomic E-state index is -1.000. The number of amides is 2. The fourth-order valence-corrected chi connectivity index (χ4v) is 1.72. The molecular weight excluding hydrogens is 244 g/mol. The summed E-state index contributed by atoms with van der Waals surface area (Å²) in [5, 5.41) is 11.8. The number of rotatable bonds is 6. The van der Waals surface area contributed by atoms with Gasteiger partial charge in [-0.3, -0.25) is 0 Å². The summed E-state index contributed by atoms with van der Waals surface area (Å²) >= 11 is 0. The molecule has 2 unspecified atom stereocenters. The number of nitrogens with one attached hydrogen (secondary N) is 1. The second-order valence-electron chi connectivity index (χ2n) is 6.14. The predicted octanol–water partition coefficient (Wildman–Crippen LogP) is 2.56. The van der Waals surface area contributed by atoms with E-state index < -0.39 is 17.4 Å². The molecule has 0 aliphatic carbocycles. The number of carbonyl (C=O) groups excluding carboxylic acids is 1. The number of hydrogen-bond acceptors (Lipinski definition) is 2. The first-order chi connectivity index (χ1) is 8.63. The number of urea groups is 1. The molecule has 0 fully saturated rings. The van der Waals surface area contributed by atoms with Crippen molar-refractivity contribution < 1.29 is 14.7 Å². The van der Waals surface area contributed by atoms with Gasteiger partial charge in [0.2, 0.25) is 0 Å². The Morgan fingerprint density at radius 1 is 1.26 bits per heavy atom. The van der Waals surface area contributed by atoms with Gasteiger partial charge in [-0.05, 0) is 18.3 Å². The van der Waals surface area contributed by atoms with E-state index in [4.69, 9.17) is 0 Å². The molecule has 0 aromatic rings. The van der Waals surface area contributed by atoms with Crippen LogP contribution in [0.1, 0.15) is 48.0 Å².